The highest BCUT2D eigenvalue weighted by Gasteiger charge is 2.15. The van der Waals surface area contributed by atoms with Crippen molar-refractivity contribution in [2.45, 2.75) is 13.5 Å². The van der Waals surface area contributed by atoms with E-state index in [0.717, 1.165) is 4.88 Å². The van der Waals surface area contributed by atoms with Gasteiger partial charge in [-0.15, -0.1) is 21.5 Å². The number of hydrogen-bond donors (Lipinski definition) is 1. The van der Waals surface area contributed by atoms with Crippen molar-refractivity contribution < 1.29 is 14.6 Å². The van der Waals surface area contributed by atoms with Gasteiger partial charge in [-0.25, -0.2) is 4.79 Å². The number of ether oxygens (including phenoxy) is 1. The number of thiophene rings is 1. The average molecular weight is 253 g/mol. The molecule has 0 bridgehead atoms. The van der Waals surface area contributed by atoms with Crippen molar-refractivity contribution in [2.75, 3.05) is 0 Å². The monoisotopic (exact) mass is 253 g/mol. The van der Waals surface area contributed by atoms with E-state index < -0.39 is 5.97 Å². The lowest BCUT2D eigenvalue weighted by Gasteiger charge is -2.04. The zero-order valence-electron chi connectivity index (χ0n) is 9.38. The first-order chi connectivity index (χ1) is 8.08. The molecule has 0 aromatic carbocycles. The summed E-state index contributed by atoms with van der Waals surface area (Å²) in [6, 6.07) is 1.71. The molecule has 90 valence electrons. The Kier molecular flexibility index (Phi) is 3.10. The smallest absolute Gasteiger partial charge is 0.349 e. The minimum atomic E-state index is -0.976. The van der Waals surface area contributed by atoms with E-state index in [1.165, 1.54) is 11.3 Å². The Morgan fingerprint density at radius 3 is 3.00 bits per heavy atom. The Bertz CT molecular complexity index is 547. The molecule has 0 atom stereocenters. The molecule has 2 aromatic heterocycles. The molecule has 0 saturated carbocycles. The third-order valence-electron chi connectivity index (χ3n) is 2.18. The van der Waals surface area contributed by atoms with Gasteiger partial charge in [0.25, 0.3) is 0 Å². The van der Waals surface area contributed by atoms with E-state index in [4.69, 9.17) is 9.84 Å². The van der Waals surface area contributed by atoms with E-state index in [-0.39, 0.29) is 11.5 Å². The van der Waals surface area contributed by atoms with E-state index in [1.54, 1.807) is 24.0 Å². The number of carboxylic acid groups (broad SMARTS) is 1. The van der Waals surface area contributed by atoms with Crippen LogP contribution >= 0.6 is 11.3 Å². The summed E-state index contributed by atoms with van der Waals surface area (Å²) >= 11 is 1.20. The van der Waals surface area contributed by atoms with Gasteiger partial charge in [-0.05, 0) is 13.0 Å². The summed E-state index contributed by atoms with van der Waals surface area (Å²) in [4.78, 5) is 12.1. The lowest BCUT2D eigenvalue weighted by molar-refractivity contribution is 0.0697. The molecule has 0 aliphatic heterocycles. The maximum Gasteiger partial charge on any atom is 0.349 e. The van der Waals surface area contributed by atoms with Gasteiger partial charge in [0.15, 0.2) is 10.7 Å². The van der Waals surface area contributed by atoms with Gasteiger partial charge in [-0.3, -0.25) is 0 Å². The zero-order chi connectivity index (χ0) is 12.4. The minimum Gasteiger partial charge on any atom is -0.484 e. The van der Waals surface area contributed by atoms with E-state index in [0.29, 0.717) is 11.6 Å². The third-order valence-corrected chi connectivity index (χ3v) is 3.20. The van der Waals surface area contributed by atoms with Crippen LogP contribution in [0.3, 0.4) is 0 Å². The SMILES string of the molecule is Cc1cc(OCc2nncn2C)c(C(=O)O)s1. The molecule has 0 aliphatic rings. The van der Waals surface area contributed by atoms with Gasteiger partial charge in [0.1, 0.15) is 18.7 Å². The number of hydrogen-bond acceptors (Lipinski definition) is 5. The number of aryl methyl sites for hydroxylation is 2. The highest BCUT2D eigenvalue weighted by Crippen LogP contribution is 2.29. The van der Waals surface area contributed by atoms with Crippen LogP contribution in [0.2, 0.25) is 0 Å². The van der Waals surface area contributed by atoms with E-state index in [2.05, 4.69) is 10.2 Å². The first kappa shape index (κ1) is 11.6. The lowest BCUT2D eigenvalue weighted by Crippen LogP contribution is -2.04. The van der Waals surface area contributed by atoms with Crippen LogP contribution in [0.25, 0.3) is 0 Å². The van der Waals surface area contributed by atoms with Crippen LogP contribution in [-0.4, -0.2) is 25.8 Å². The Morgan fingerprint density at radius 1 is 1.65 bits per heavy atom. The van der Waals surface area contributed by atoms with Crippen molar-refractivity contribution in [1.82, 2.24) is 14.8 Å². The highest BCUT2D eigenvalue weighted by molar-refractivity contribution is 7.14. The normalized spacial score (nSPS) is 10.5. The summed E-state index contributed by atoms with van der Waals surface area (Å²) in [6.07, 6.45) is 1.57. The summed E-state index contributed by atoms with van der Waals surface area (Å²) in [5.41, 5.74) is 0. The average Bonchev–Trinajstić information content (AvgIpc) is 2.82. The number of rotatable bonds is 4. The Balaban J connectivity index is 2.14. The first-order valence-corrected chi connectivity index (χ1v) is 5.69. The van der Waals surface area contributed by atoms with Gasteiger partial charge < -0.3 is 14.4 Å². The molecule has 0 fully saturated rings. The summed E-state index contributed by atoms with van der Waals surface area (Å²) < 4.78 is 7.17. The molecule has 7 heteroatoms. The predicted molar refractivity (Wildman–Crippen MR) is 61.4 cm³/mol. The van der Waals surface area contributed by atoms with Crippen molar-refractivity contribution in [1.29, 1.82) is 0 Å². The summed E-state index contributed by atoms with van der Waals surface area (Å²) in [5, 5.41) is 16.6. The molecule has 6 nitrogen and oxygen atoms in total. The molecule has 0 amide bonds. The Hall–Kier alpha value is -1.89. The number of aromatic nitrogens is 3. The van der Waals surface area contributed by atoms with Gasteiger partial charge in [0.05, 0.1) is 0 Å². The van der Waals surface area contributed by atoms with Crippen LogP contribution in [0.1, 0.15) is 20.4 Å². The van der Waals surface area contributed by atoms with E-state index >= 15 is 0 Å². The first-order valence-electron chi connectivity index (χ1n) is 4.87. The molecular weight excluding hydrogens is 242 g/mol. The fourth-order valence-electron chi connectivity index (χ4n) is 1.33. The number of carbonyl (C=O) groups is 1. The molecule has 2 aromatic rings. The van der Waals surface area contributed by atoms with Crippen LogP contribution in [-0.2, 0) is 13.7 Å². The van der Waals surface area contributed by atoms with Crippen LogP contribution in [0, 0.1) is 6.92 Å². The maximum atomic E-state index is 11.0. The zero-order valence-corrected chi connectivity index (χ0v) is 10.2. The number of aromatic carboxylic acids is 1. The van der Waals surface area contributed by atoms with Crippen molar-refractivity contribution in [2.24, 2.45) is 7.05 Å². The molecule has 0 unspecified atom stereocenters. The van der Waals surface area contributed by atoms with Crippen LogP contribution in [0.4, 0.5) is 0 Å². The largest absolute Gasteiger partial charge is 0.484 e. The molecule has 2 heterocycles. The summed E-state index contributed by atoms with van der Waals surface area (Å²) in [7, 11) is 1.80. The van der Waals surface area contributed by atoms with E-state index in [9.17, 15) is 4.79 Å². The maximum absolute atomic E-state index is 11.0. The fraction of sp³-hybridized carbons (Fsp3) is 0.300. The van der Waals surface area contributed by atoms with Gasteiger partial charge in [0, 0.05) is 11.9 Å². The van der Waals surface area contributed by atoms with Gasteiger partial charge in [0.2, 0.25) is 0 Å². The van der Waals surface area contributed by atoms with Gasteiger partial charge in [-0.1, -0.05) is 0 Å². The van der Waals surface area contributed by atoms with Crippen molar-refractivity contribution in [3.05, 3.63) is 28.0 Å². The fourth-order valence-corrected chi connectivity index (χ4v) is 2.12. The summed E-state index contributed by atoms with van der Waals surface area (Å²) in [6.45, 7) is 2.04. The van der Waals surface area contributed by atoms with Crippen molar-refractivity contribution in [3.8, 4) is 5.75 Å². The highest BCUT2D eigenvalue weighted by atomic mass is 32.1. The van der Waals surface area contributed by atoms with Gasteiger partial charge in [-0.2, -0.15) is 0 Å². The predicted octanol–water partition coefficient (Wildman–Crippen LogP) is 1.46. The lowest BCUT2D eigenvalue weighted by atomic mass is 10.4. The number of carboxylic acids is 1. The second-order valence-corrected chi connectivity index (χ2v) is 4.76. The Morgan fingerprint density at radius 2 is 2.41 bits per heavy atom. The molecule has 0 radical (unpaired) electrons. The quantitative estimate of drug-likeness (QED) is 0.892. The molecule has 1 N–H and O–H groups in total. The van der Waals surface area contributed by atoms with Crippen molar-refractivity contribution >= 4 is 17.3 Å². The molecule has 2 rings (SSSR count). The van der Waals surface area contributed by atoms with E-state index in [1.807, 2.05) is 6.92 Å². The second kappa shape index (κ2) is 4.54. The standard InChI is InChI=1S/C10H11N3O3S/c1-6-3-7(9(17-6)10(14)15)16-4-8-12-11-5-13(8)2/h3,5H,4H2,1-2H3,(H,14,15). The van der Waals surface area contributed by atoms with Crippen LogP contribution in [0.5, 0.6) is 5.75 Å². The second-order valence-electron chi connectivity index (χ2n) is 3.50. The summed E-state index contributed by atoms with van der Waals surface area (Å²) in [5.74, 6) is 0.0456. The van der Waals surface area contributed by atoms with Crippen LogP contribution in [0.15, 0.2) is 12.4 Å². The van der Waals surface area contributed by atoms with Crippen molar-refractivity contribution in [3.63, 3.8) is 0 Å². The topological polar surface area (TPSA) is 77.2 Å². The number of nitrogens with zero attached hydrogens (tertiary/aromatic N) is 3. The van der Waals surface area contributed by atoms with Gasteiger partial charge >= 0.3 is 5.97 Å². The molecule has 0 spiro atoms. The van der Waals surface area contributed by atoms with Crippen LogP contribution < -0.4 is 4.74 Å². The molecule has 17 heavy (non-hydrogen) atoms. The molecular formula is C10H11N3O3S. The molecule has 0 aliphatic carbocycles. The minimum absolute atomic E-state index is 0.201. The molecule has 0 saturated heterocycles. The Labute approximate surface area is 101 Å². The third kappa shape index (κ3) is 2.44.